The van der Waals surface area contributed by atoms with Gasteiger partial charge in [-0.05, 0) is 78.3 Å². The van der Waals surface area contributed by atoms with Crippen molar-refractivity contribution in [1.82, 2.24) is 10.3 Å². The molecule has 0 atom stereocenters. The Balaban J connectivity index is 1.33. The number of carbonyl (C=O) groups is 1. The molecule has 0 fully saturated rings. The quantitative estimate of drug-likeness (QED) is 0.195. The molecular weight excluding hydrogens is 557 g/mol. The summed E-state index contributed by atoms with van der Waals surface area (Å²) in [6.45, 7) is 4.26. The number of anilines is 1. The Hall–Kier alpha value is -3.85. The molecule has 198 valence electrons. The third-order valence-electron chi connectivity index (χ3n) is 6.05. The lowest BCUT2D eigenvalue weighted by molar-refractivity contribution is 0.0951. The number of thiocarbonyl (C=S) groups is 1. The van der Waals surface area contributed by atoms with Crippen LogP contribution in [0.4, 0.5) is 5.69 Å². The van der Waals surface area contributed by atoms with Crippen LogP contribution in [0, 0.1) is 0 Å². The molecule has 0 bridgehead atoms. The van der Waals surface area contributed by atoms with E-state index in [0.29, 0.717) is 55.8 Å². The van der Waals surface area contributed by atoms with Crippen LogP contribution in [0.2, 0.25) is 10.0 Å². The Kier molecular flexibility index (Phi) is 7.61. The average Bonchev–Trinajstić information content (AvgIpc) is 3.57. The Morgan fingerprint density at radius 2 is 1.85 bits per heavy atom. The minimum absolute atomic E-state index is 0.0494. The molecule has 0 unspecified atom stereocenters. The highest BCUT2D eigenvalue weighted by Gasteiger charge is 2.18. The van der Waals surface area contributed by atoms with Gasteiger partial charge in [-0.3, -0.25) is 10.1 Å². The van der Waals surface area contributed by atoms with Crippen molar-refractivity contribution in [3.8, 4) is 28.5 Å². The number of hydrogen-bond donors (Lipinski definition) is 2. The van der Waals surface area contributed by atoms with Gasteiger partial charge in [-0.15, -0.1) is 0 Å². The summed E-state index contributed by atoms with van der Waals surface area (Å²) in [7, 11) is 1.54. The molecule has 1 amide bonds. The first-order valence-corrected chi connectivity index (χ1v) is 13.2. The zero-order chi connectivity index (χ0) is 27.7. The number of methoxy groups -OCH3 is 1. The fraction of sp³-hybridized carbons (Fsp3) is 0.138. The normalized spacial score (nSPS) is 11.1. The molecule has 0 radical (unpaired) electrons. The van der Waals surface area contributed by atoms with Crippen LogP contribution < -0.4 is 15.4 Å². The van der Waals surface area contributed by atoms with Crippen LogP contribution in [0.3, 0.4) is 0 Å². The smallest absolute Gasteiger partial charge is 0.293 e. The van der Waals surface area contributed by atoms with Gasteiger partial charge in [-0.25, -0.2) is 4.98 Å². The Morgan fingerprint density at radius 3 is 2.62 bits per heavy atom. The zero-order valence-corrected chi connectivity index (χ0v) is 23.5. The number of hydrogen-bond acceptors (Lipinski definition) is 6. The average molecular weight is 580 g/mol. The number of carbonyl (C=O) groups excluding carboxylic acids is 1. The molecule has 0 aliphatic carbocycles. The molecular formula is C29H23Cl2N3O4S. The Bertz CT molecular complexity index is 1710. The third-order valence-corrected chi connectivity index (χ3v) is 7.07. The number of benzene rings is 3. The molecule has 3 aromatic carbocycles. The van der Waals surface area contributed by atoms with E-state index in [1.165, 1.54) is 11.6 Å². The van der Waals surface area contributed by atoms with Crippen molar-refractivity contribution in [3.63, 3.8) is 0 Å². The molecule has 10 heteroatoms. The maximum Gasteiger partial charge on any atom is 0.293 e. The number of halogens is 2. The minimum atomic E-state index is -0.535. The lowest BCUT2D eigenvalue weighted by Crippen LogP contribution is -2.34. The highest BCUT2D eigenvalue weighted by atomic mass is 35.5. The number of nitrogens with zero attached hydrogens (tertiary/aromatic N) is 1. The van der Waals surface area contributed by atoms with E-state index < -0.39 is 5.91 Å². The van der Waals surface area contributed by atoms with E-state index in [4.69, 9.17) is 49.0 Å². The van der Waals surface area contributed by atoms with Crippen molar-refractivity contribution in [2.75, 3.05) is 12.4 Å². The topological polar surface area (TPSA) is 89.5 Å². The van der Waals surface area contributed by atoms with Gasteiger partial charge in [-0.1, -0.05) is 49.2 Å². The molecule has 7 nitrogen and oxygen atoms in total. The van der Waals surface area contributed by atoms with Crippen LogP contribution in [0.1, 0.15) is 35.9 Å². The van der Waals surface area contributed by atoms with Crippen molar-refractivity contribution >= 4 is 63.2 Å². The maximum absolute atomic E-state index is 12.8. The molecule has 0 saturated heterocycles. The summed E-state index contributed by atoms with van der Waals surface area (Å²) in [6, 6.07) is 19.7. The second-order valence-electron chi connectivity index (χ2n) is 8.99. The summed E-state index contributed by atoms with van der Waals surface area (Å²) < 4.78 is 17.2. The molecule has 0 aliphatic rings. The van der Waals surface area contributed by atoms with Crippen LogP contribution in [0.25, 0.3) is 33.9 Å². The maximum atomic E-state index is 12.8. The summed E-state index contributed by atoms with van der Waals surface area (Å²) >= 11 is 17.8. The van der Waals surface area contributed by atoms with Gasteiger partial charge in [0.25, 0.3) is 5.91 Å². The van der Waals surface area contributed by atoms with Gasteiger partial charge < -0.3 is 18.9 Å². The summed E-state index contributed by atoms with van der Waals surface area (Å²) in [6.07, 6.45) is 0. The van der Waals surface area contributed by atoms with Gasteiger partial charge in [0.15, 0.2) is 16.5 Å². The van der Waals surface area contributed by atoms with E-state index in [9.17, 15) is 4.79 Å². The number of aromatic nitrogens is 1. The van der Waals surface area contributed by atoms with Crippen molar-refractivity contribution in [2.45, 2.75) is 19.8 Å². The van der Waals surface area contributed by atoms with E-state index in [1.807, 2.05) is 24.3 Å². The van der Waals surface area contributed by atoms with Crippen molar-refractivity contribution in [1.29, 1.82) is 0 Å². The van der Waals surface area contributed by atoms with Crippen molar-refractivity contribution in [3.05, 3.63) is 88.1 Å². The van der Waals surface area contributed by atoms with Gasteiger partial charge in [0.1, 0.15) is 17.0 Å². The largest absolute Gasteiger partial charge is 0.495 e. The molecule has 0 spiro atoms. The number of amides is 1. The summed E-state index contributed by atoms with van der Waals surface area (Å²) in [4.78, 5) is 17.5. The first-order chi connectivity index (χ1) is 18.7. The Labute approximate surface area is 240 Å². The van der Waals surface area contributed by atoms with Gasteiger partial charge >= 0.3 is 0 Å². The minimum Gasteiger partial charge on any atom is -0.495 e. The SMILES string of the molecule is COc1ccc(-c2nc3cc(C(C)C)ccc3o2)cc1NC(=S)NC(=O)c1ccc(-c2cccc(Cl)c2Cl)o1. The molecule has 0 saturated carbocycles. The van der Waals surface area contributed by atoms with Crippen LogP contribution >= 0.6 is 35.4 Å². The van der Waals surface area contributed by atoms with E-state index in [-0.39, 0.29) is 10.9 Å². The summed E-state index contributed by atoms with van der Waals surface area (Å²) in [5.74, 6) is 1.27. The van der Waals surface area contributed by atoms with E-state index in [1.54, 1.807) is 43.5 Å². The molecule has 2 heterocycles. The number of nitrogens with one attached hydrogen (secondary N) is 2. The monoisotopic (exact) mass is 579 g/mol. The highest BCUT2D eigenvalue weighted by molar-refractivity contribution is 7.80. The standard InChI is InChI=1S/C29H23Cl2N3O4S/c1-15(2)16-7-10-24-21(13-16)32-28(38-24)17-8-9-23(36-3)20(14-17)33-29(39)34-27(35)25-12-11-22(37-25)18-5-4-6-19(30)26(18)31/h4-15H,1-3H3,(H2,33,34,35,39). The van der Waals surface area contributed by atoms with Gasteiger partial charge in [0, 0.05) is 11.1 Å². The first-order valence-electron chi connectivity index (χ1n) is 12.0. The van der Waals surface area contributed by atoms with Crippen molar-refractivity contribution < 1.29 is 18.4 Å². The Morgan fingerprint density at radius 1 is 1.03 bits per heavy atom. The molecule has 39 heavy (non-hydrogen) atoms. The molecule has 2 N–H and O–H groups in total. The fourth-order valence-electron chi connectivity index (χ4n) is 3.98. The number of furan rings is 1. The highest BCUT2D eigenvalue weighted by Crippen LogP contribution is 2.35. The fourth-order valence-corrected chi connectivity index (χ4v) is 4.58. The lowest BCUT2D eigenvalue weighted by Gasteiger charge is -2.13. The lowest BCUT2D eigenvalue weighted by atomic mass is 10.0. The van der Waals surface area contributed by atoms with Crippen LogP contribution in [0.15, 0.2) is 75.6 Å². The molecule has 0 aliphatic heterocycles. The second kappa shape index (κ2) is 11.1. The first kappa shape index (κ1) is 26.7. The number of fused-ring (bicyclic) bond motifs is 1. The second-order valence-corrected chi connectivity index (χ2v) is 10.2. The van der Waals surface area contributed by atoms with Gasteiger partial charge in [0.2, 0.25) is 5.89 Å². The third kappa shape index (κ3) is 5.63. The predicted octanol–water partition coefficient (Wildman–Crippen LogP) is 8.32. The molecule has 5 aromatic rings. The number of ether oxygens (including phenoxy) is 1. The number of oxazole rings is 1. The summed E-state index contributed by atoms with van der Waals surface area (Å²) in [5.41, 5.74) is 4.46. The zero-order valence-electron chi connectivity index (χ0n) is 21.2. The summed E-state index contributed by atoms with van der Waals surface area (Å²) in [5, 5.41) is 6.40. The van der Waals surface area contributed by atoms with Crippen molar-refractivity contribution in [2.24, 2.45) is 0 Å². The number of rotatable bonds is 6. The van der Waals surface area contributed by atoms with Gasteiger partial charge in [-0.2, -0.15) is 0 Å². The molecule has 2 aromatic heterocycles. The molecule has 5 rings (SSSR count). The predicted molar refractivity (Wildman–Crippen MR) is 158 cm³/mol. The van der Waals surface area contributed by atoms with E-state index >= 15 is 0 Å². The van der Waals surface area contributed by atoms with Crippen LogP contribution in [-0.4, -0.2) is 23.1 Å². The van der Waals surface area contributed by atoms with Gasteiger partial charge in [0.05, 0.1) is 22.8 Å². The van der Waals surface area contributed by atoms with E-state index in [2.05, 4.69) is 29.5 Å². The van der Waals surface area contributed by atoms with E-state index in [0.717, 1.165) is 5.52 Å². The van der Waals surface area contributed by atoms with Crippen LogP contribution in [0.5, 0.6) is 5.75 Å². The van der Waals surface area contributed by atoms with Crippen LogP contribution in [-0.2, 0) is 0 Å².